The summed E-state index contributed by atoms with van der Waals surface area (Å²) >= 11 is 0. The second kappa shape index (κ2) is 10.4. The molecule has 0 radical (unpaired) electrons. The first-order valence-corrected chi connectivity index (χ1v) is 12.1. The van der Waals surface area contributed by atoms with Crippen LogP contribution in [0.3, 0.4) is 0 Å². The summed E-state index contributed by atoms with van der Waals surface area (Å²) in [5.74, 6) is -1.19. The van der Waals surface area contributed by atoms with Crippen LogP contribution in [0.1, 0.15) is 34.6 Å². The first kappa shape index (κ1) is 24.9. The molecule has 0 spiro atoms. The van der Waals surface area contributed by atoms with Gasteiger partial charge in [0.1, 0.15) is 5.56 Å². The van der Waals surface area contributed by atoms with Crippen LogP contribution in [0.2, 0.25) is 0 Å². The van der Waals surface area contributed by atoms with Crippen LogP contribution in [-0.2, 0) is 21.3 Å². The van der Waals surface area contributed by atoms with Gasteiger partial charge in [0.2, 0.25) is 15.5 Å². The molecule has 0 bridgehead atoms. The fraction of sp³-hybridized carbons (Fsp3) is 0.208. The van der Waals surface area contributed by atoms with Gasteiger partial charge in [-0.25, -0.2) is 17.9 Å². The first-order valence-electron chi connectivity index (χ1n) is 10.6. The molecular formula is C24H25N3O6S. The van der Waals surface area contributed by atoms with Crippen molar-refractivity contribution >= 4 is 38.5 Å². The molecule has 0 saturated carbocycles. The lowest BCUT2D eigenvalue weighted by Gasteiger charge is -2.13. The van der Waals surface area contributed by atoms with Crippen molar-refractivity contribution in [2.45, 2.75) is 25.3 Å². The summed E-state index contributed by atoms with van der Waals surface area (Å²) in [5, 5.41) is 2.96. The Kier molecular flexibility index (Phi) is 7.64. The molecule has 0 aliphatic carbocycles. The lowest BCUT2D eigenvalue weighted by Crippen LogP contribution is -2.23. The summed E-state index contributed by atoms with van der Waals surface area (Å²) in [6.07, 6.45) is 2.90. The maximum atomic E-state index is 12.9. The van der Waals surface area contributed by atoms with Crippen LogP contribution in [0.15, 0.2) is 71.0 Å². The van der Waals surface area contributed by atoms with Gasteiger partial charge in [0.05, 0.1) is 17.0 Å². The Hall–Kier alpha value is -3.76. The van der Waals surface area contributed by atoms with Gasteiger partial charge in [-0.3, -0.25) is 9.59 Å². The Morgan fingerprint density at radius 1 is 1.12 bits per heavy atom. The molecule has 0 atom stereocenters. The number of sulfonamides is 1. The summed E-state index contributed by atoms with van der Waals surface area (Å²) in [4.78, 5) is 37.9. The molecule has 3 aromatic rings. The molecule has 0 aliphatic rings. The van der Waals surface area contributed by atoms with Gasteiger partial charge in [-0.2, -0.15) is 0 Å². The molecule has 1 heterocycles. The van der Waals surface area contributed by atoms with Crippen LogP contribution >= 0.6 is 0 Å². The van der Waals surface area contributed by atoms with Crippen molar-refractivity contribution < 1.29 is 22.7 Å². The zero-order chi connectivity index (χ0) is 24.9. The smallest absolute Gasteiger partial charge is 0.343 e. The molecule has 2 aromatic carbocycles. The van der Waals surface area contributed by atoms with Crippen molar-refractivity contribution in [2.75, 3.05) is 18.5 Å². The minimum Gasteiger partial charge on any atom is -0.462 e. The molecule has 0 aliphatic heterocycles. The Labute approximate surface area is 197 Å². The number of hydrogen-bond acceptors (Lipinski definition) is 6. The van der Waals surface area contributed by atoms with E-state index in [2.05, 4.69) is 16.6 Å². The highest BCUT2D eigenvalue weighted by molar-refractivity contribution is 7.89. The quantitative estimate of drug-likeness (QED) is 0.356. The van der Waals surface area contributed by atoms with E-state index in [1.54, 1.807) is 23.6 Å². The molecule has 10 heteroatoms. The van der Waals surface area contributed by atoms with Gasteiger partial charge >= 0.3 is 5.97 Å². The molecule has 34 heavy (non-hydrogen) atoms. The van der Waals surface area contributed by atoms with E-state index in [1.165, 1.54) is 42.6 Å². The molecule has 9 nitrogen and oxygen atoms in total. The largest absolute Gasteiger partial charge is 0.462 e. The van der Waals surface area contributed by atoms with Crippen molar-refractivity contribution in [1.82, 2.24) is 9.29 Å². The number of nitrogens with one attached hydrogen (secondary N) is 2. The molecule has 1 amide bonds. The summed E-state index contributed by atoms with van der Waals surface area (Å²) < 4.78 is 33.4. The van der Waals surface area contributed by atoms with Crippen molar-refractivity contribution in [3.63, 3.8) is 0 Å². The normalized spacial score (nSPS) is 11.2. The number of esters is 1. The van der Waals surface area contributed by atoms with E-state index >= 15 is 0 Å². The van der Waals surface area contributed by atoms with Gasteiger partial charge in [-0.05, 0) is 56.3 Å². The fourth-order valence-corrected chi connectivity index (χ4v) is 4.33. The van der Waals surface area contributed by atoms with Gasteiger partial charge in [0, 0.05) is 35.9 Å². The minimum absolute atomic E-state index is 0.0169. The number of anilines is 1. The lowest BCUT2D eigenvalue weighted by atomic mass is 10.1. The maximum absolute atomic E-state index is 12.9. The molecule has 3 rings (SSSR count). The van der Waals surface area contributed by atoms with E-state index in [-0.39, 0.29) is 34.6 Å². The van der Waals surface area contributed by atoms with Crippen LogP contribution in [-0.4, -0.2) is 38.0 Å². The third-order valence-electron chi connectivity index (χ3n) is 5.02. The average molecular weight is 484 g/mol. The maximum Gasteiger partial charge on any atom is 0.343 e. The summed E-state index contributed by atoms with van der Waals surface area (Å²) in [6.45, 7) is 7.75. The first-order chi connectivity index (χ1) is 16.2. The van der Waals surface area contributed by atoms with Crippen LogP contribution in [0, 0.1) is 0 Å². The number of fused-ring (bicyclic) bond motifs is 1. The van der Waals surface area contributed by atoms with Gasteiger partial charge in [0.15, 0.2) is 0 Å². The van der Waals surface area contributed by atoms with E-state index in [0.717, 1.165) is 0 Å². The van der Waals surface area contributed by atoms with Crippen LogP contribution in [0.5, 0.6) is 0 Å². The Bertz CT molecular complexity index is 1410. The predicted molar refractivity (Wildman–Crippen MR) is 130 cm³/mol. The molecule has 1 aromatic heterocycles. The number of rotatable bonds is 9. The summed E-state index contributed by atoms with van der Waals surface area (Å²) in [5.41, 5.74) is 0.620. The van der Waals surface area contributed by atoms with Gasteiger partial charge in [0.25, 0.3) is 5.91 Å². The van der Waals surface area contributed by atoms with Crippen LogP contribution < -0.4 is 15.5 Å². The highest BCUT2D eigenvalue weighted by Crippen LogP contribution is 2.19. The molecule has 178 valence electrons. The van der Waals surface area contributed by atoms with E-state index in [4.69, 9.17) is 4.74 Å². The van der Waals surface area contributed by atoms with Crippen LogP contribution in [0.25, 0.3) is 10.9 Å². The third kappa shape index (κ3) is 5.24. The molecular weight excluding hydrogens is 458 g/mol. The zero-order valence-corrected chi connectivity index (χ0v) is 19.6. The topological polar surface area (TPSA) is 124 Å². The number of carbonyl (C=O) groups excluding carboxylic acids is 2. The van der Waals surface area contributed by atoms with Crippen molar-refractivity contribution in [3.05, 3.63) is 82.7 Å². The number of carbonyl (C=O) groups is 2. The van der Waals surface area contributed by atoms with Crippen LogP contribution in [0.4, 0.5) is 5.69 Å². The summed E-state index contributed by atoms with van der Waals surface area (Å²) in [7, 11) is -3.70. The second-order valence-electron chi connectivity index (χ2n) is 7.23. The Morgan fingerprint density at radius 3 is 2.44 bits per heavy atom. The Morgan fingerprint density at radius 2 is 1.82 bits per heavy atom. The SMILES string of the molecule is C=CCNS(=O)(=O)c1ccc(C(=O)Nc2ccc3c(c2)c(=O)c(C(=O)OCC)cn3CC)cc1. The minimum atomic E-state index is -3.70. The molecule has 0 saturated heterocycles. The van der Waals surface area contributed by atoms with Gasteiger partial charge in [-0.15, -0.1) is 6.58 Å². The lowest BCUT2D eigenvalue weighted by molar-refractivity contribution is 0.0524. The number of ether oxygens (including phenoxy) is 1. The number of aromatic nitrogens is 1. The van der Waals surface area contributed by atoms with Crippen molar-refractivity contribution in [1.29, 1.82) is 0 Å². The second-order valence-corrected chi connectivity index (χ2v) is 9.00. The van der Waals surface area contributed by atoms with Crippen molar-refractivity contribution in [3.8, 4) is 0 Å². The highest BCUT2D eigenvalue weighted by atomic mass is 32.2. The van der Waals surface area contributed by atoms with E-state index in [9.17, 15) is 22.8 Å². The van der Waals surface area contributed by atoms with E-state index < -0.39 is 27.3 Å². The predicted octanol–water partition coefficient (Wildman–Crippen LogP) is 2.91. The average Bonchev–Trinajstić information content (AvgIpc) is 2.83. The zero-order valence-electron chi connectivity index (χ0n) is 18.8. The molecule has 0 unspecified atom stereocenters. The molecule has 0 fully saturated rings. The fourth-order valence-electron chi connectivity index (χ4n) is 3.33. The highest BCUT2D eigenvalue weighted by Gasteiger charge is 2.18. The summed E-state index contributed by atoms with van der Waals surface area (Å²) in [6, 6.07) is 10.3. The number of hydrogen-bond donors (Lipinski definition) is 2. The Balaban J connectivity index is 1.90. The number of nitrogens with zero attached hydrogens (tertiary/aromatic N) is 1. The van der Waals surface area contributed by atoms with E-state index in [0.29, 0.717) is 17.7 Å². The number of aryl methyl sites for hydroxylation is 1. The number of amides is 1. The van der Waals surface area contributed by atoms with E-state index in [1.807, 2.05) is 6.92 Å². The van der Waals surface area contributed by atoms with Gasteiger partial charge in [-0.1, -0.05) is 6.08 Å². The monoisotopic (exact) mass is 483 g/mol. The number of benzene rings is 2. The van der Waals surface area contributed by atoms with Gasteiger partial charge < -0.3 is 14.6 Å². The van der Waals surface area contributed by atoms with Crippen molar-refractivity contribution in [2.24, 2.45) is 0 Å². The third-order valence-corrected chi connectivity index (χ3v) is 6.46. The molecule has 2 N–H and O–H groups in total. The number of pyridine rings is 1. The standard InChI is InChI=1S/C24H25N3O6S/c1-4-13-25-34(31,32)18-10-7-16(8-11-18)23(29)26-17-9-12-21-19(14-17)22(28)20(15-27(21)5-2)24(30)33-6-3/h4,7-12,14-15,25H,1,5-6,13H2,2-3H3,(H,26,29).